The summed E-state index contributed by atoms with van der Waals surface area (Å²) in [5.41, 5.74) is 13.6. The molecular formula is C40H34O2. The number of unbranched alkanes of at least 4 members (excludes halogenated alkanes) is 2. The maximum atomic E-state index is 6.64. The topological polar surface area (TPSA) is 26.3 Å². The van der Waals surface area contributed by atoms with Crippen LogP contribution in [0.1, 0.15) is 50.7 Å². The van der Waals surface area contributed by atoms with Gasteiger partial charge in [-0.1, -0.05) is 87.4 Å². The predicted molar refractivity (Wildman–Crippen MR) is 177 cm³/mol. The molecule has 2 nitrogen and oxygen atoms in total. The first-order chi connectivity index (χ1) is 20.7. The molecule has 0 spiro atoms. The lowest BCUT2D eigenvalue weighted by Crippen LogP contribution is -1.96. The van der Waals surface area contributed by atoms with Gasteiger partial charge in [0.2, 0.25) is 0 Å². The average Bonchev–Trinajstić information content (AvgIpc) is 3.04. The normalized spacial score (nSPS) is 12.1. The molecule has 6 aromatic rings. The summed E-state index contributed by atoms with van der Waals surface area (Å²) >= 11 is 0. The lowest BCUT2D eigenvalue weighted by molar-refractivity contribution is 0.646. The lowest BCUT2D eigenvalue weighted by atomic mass is 9.86. The number of benzene rings is 6. The minimum Gasteiger partial charge on any atom is -0.456 e. The fraction of sp³-hybridized carbons (Fsp3) is 0.200. The number of aryl methyl sites for hydroxylation is 2. The van der Waals surface area contributed by atoms with E-state index in [1.54, 1.807) is 0 Å². The molecule has 0 atom stereocenters. The van der Waals surface area contributed by atoms with Crippen molar-refractivity contribution in [2.75, 3.05) is 0 Å². The maximum Gasteiger partial charge on any atom is 0.136 e. The van der Waals surface area contributed by atoms with Crippen LogP contribution in [0.2, 0.25) is 0 Å². The fourth-order valence-corrected chi connectivity index (χ4v) is 6.83. The molecule has 8 rings (SSSR count). The summed E-state index contributed by atoms with van der Waals surface area (Å²) in [5, 5.41) is 4.66. The minimum absolute atomic E-state index is 0.892. The second kappa shape index (κ2) is 10.1. The zero-order chi connectivity index (χ0) is 28.2. The molecule has 0 saturated carbocycles. The lowest BCUT2D eigenvalue weighted by Gasteiger charge is -2.21. The van der Waals surface area contributed by atoms with Crippen LogP contribution in [0.3, 0.4) is 0 Å². The zero-order valence-electron chi connectivity index (χ0n) is 24.3. The van der Waals surface area contributed by atoms with E-state index >= 15 is 0 Å². The van der Waals surface area contributed by atoms with E-state index in [-0.39, 0.29) is 0 Å². The SMILES string of the molecule is CCCCc1ccc(-c2ccc3oc4ccc5c(-c6ccc(CCCC)cc6)ccc6oc7ccc2c3c7-c4c65)cc1. The Morgan fingerprint density at radius 1 is 0.429 bits per heavy atom. The molecule has 2 aliphatic rings. The Balaban J connectivity index is 1.32. The predicted octanol–water partition coefficient (Wildman–Crippen LogP) is 12.0. The summed E-state index contributed by atoms with van der Waals surface area (Å²) in [4.78, 5) is 0. The van der Waals surface area contributed by atoms with E-state index in [1.807, 2.05) is 0 Å². The van der Waals surface area contributed by atoms with Gasteiger partial charge in [-0.3, -0.25) is 0 Å². The van der Waals surface area contributed by atoms with Gasteiger partial charge in [-0.2, -0.15) is 0 Å². The van der Waals surface area contributed by atoms with Crippen molar-refractivity contribution in [3.63, 3.8) is 0 Å². The molecule has 0 amide bonds. The Morgan fingerprint density at radius 3 is 1.24 bits per heavy atom. The van der Waals surface area contributed by atoms with Gasteiger partial charge in [0.25, 0.3) is 0 Å². The highest BCUT2D eigenvalue weighted by atomic mass is 16.3. The van der Waals surface area contributed by atoms with Crippen molar-refractivity contribution in [3.05, 3.63) is 108 Å². The summed E-state index contributed by atoms with van der Waals surface area (Å²) < 4.78 is 13.3. The molecule has 0 saturated heterocycles. The summed E-state index contributed by atoms with van der Waals surface area (Å²) in [6.07, 6.45) is 7.14. The van der Waals surface area contributed by atoms with Gasteiger partial charge < -0.3 is 8.83 Å². The van der Waals surface area contributed by atoms with E-state index in [9.17, 15) is 0 Å². The van der Waals surface area contributed by atoms with Crippen LogP contribution in [0.15, 0.2) is 106 Å². The number of hydrogen-bond acceptors (Lipinski definition) is 2. The summed E-state index contributed by atoms with van der Waals surface area (Å²) in [6, 6.07) is 35.5. The molecule has 2 heterocycles. The summed E-state index contributed by atoms with van der Waals surface area (Å²) in [6.45, 7) is 4.49. The molecule has 206 valence electrons. The van der Waals surface area contributed by atoms with Crippen molar-refractivity contribution < 1.29 is 8.83 Å². The first-order valence-electron chi connectivity index (χ1n) is 15.5. The molecule has 0 radical (unpaired) electrons. The first kappa shape index (κ1) is 25.2. The second-order valence-electron chi connectivity index (χ2n) is 11.8. The molecule has 0 fully saturated rings. The first-order valence-corrected chi connectivity index (χ1v) is 15.5. The van der Waals surface area contributed by atoms with Crippen LogP contribution in [0, 0.1) is 0 Å². The highest BCUT2D eigenvalue weighted by Gasteiger charge is 2.26. The maximum absolute atomic E-state index is 6.64. The molecule has 0 bridgehead atoms. The van der Waals surface area contributed by atoms with Crippen molar-refractivity contribution in [2.45, 2.75) is 52.4 Å². The van der Waals surface area contributed by atoms with E-state index in [0.717, 1.165) is 57.1 Å². The van der Waals surface area contributed by atoms with Gasteiger partial charge in [0, 0.05) is 21.9 Å². The molecule has 2 aliphatic heterocycles. The van der Waals surface area contributed by atoms with Gasteiger partial charge in [-0.25, -0.2) is 0 Å². The van der Waals surface area contributed by atoms with Gasteiger partial charge in [0.05, 0.1) is 0 Å². The molecule has 0 aliphatic carbocycles. The largest absolute Gasteiger partial charge is 0.456 e. The third-order valence-electron chi connectivity index (χ3n) is 9.07. The average molecular weight is 547 g/mol. The third-order valence-corrected chi connectivity index (χ3v) is 9.07. The molecule has 0 aromatic heterocycles. The highest BCUT2D eigenvalue weighted by molar-refractivity contribution is 6.26. The Hall–Kier alpha value is -4.56. The van der Waals surface area contributed by atoms with Crippen molar-refractivity contribution in [1.29, 1.82) is 0 Å². The van der Waals surface area contributed by atoms with E-state index in [1.165, 1.54) is 69.8 Å². The molecule has 42 heavy (non-hydrogen) atoms. The smallest absolute Gasteiger partial charge is 0.136 e. The van der Waals surface area contributed by atoms with Crippen LogP contribution in [0.4, 0.5) is 0 Å². The Bertz CT molecular complexity index is 1980. The standard InChI is InChI=1S/C40H34O2/c1-3-5-7-25-9-13-27(14-10-25)29-17-21-33-37-31(29)19-23-35-39(37)40-36(41-33)24-20-32-30(18-22-34(42-35)38(32)40)28-15-11-26(12-16-28)8-6-4-2/h9-24H,3-8H2,1-2H3. The van der Waals surface area contributed by atoms with Crippen LogP contribution in [-0.4, -0.2) is 0 Å². The van der Waals surface area contributed by atoms with Crippen molar-refractivity contribution in [2.24, 2.45) is 0 Å². The summed E-state index contributed by atoms with van der Waals surface area (Å²) in [5.74, 6) is 0. The van der Waals surface area contributed by atoms with Gasteiger partial charge in [0.15, 0.2) is 0 Å². The van der Waals surface area contributed by atoms with Crippen LogP contribution in [0.5, 0.6) is 0 Å². The van der Waals surface area contributed by atoms with Gasteiger partial charge in [-0.05, 0) is 106 Å². The van der Waals surface area contributed by atoms with Crippen LogP contribution >= 0.6 is 0 Å². The third kappa shape index (κ3) is 3.93. The van der Waals surface area contributed by atoms with Crippen molar-refractivity contribution in [1.82, 2.24) is 0 Å². The van der Waals surface area contributed by atoms with E-state index in [2.05, 4.69) is 111 Å². The Labute approximate surface area is 246 Å². The van der Waals surface area contributed by atoms with E-state index < -0.39 is 0 Å². The quantitative estimate of drug-likeness (QED) is 0.140. The minimum atomic E-state index is 0.892. The summed E-state index contributed by atoms with van der Waals surface area (Å²) in [7, 11) is 0. The van der Waals surface area contributed by atoms with Gasteiger partial charge in [0.1, 0.15) is 22.3 Å². The Kier molecular flexibility index (Phi) is 6.03. The zero-order valence-corrected chi connectivity index (χ0v) is 24.3. The van der Waals surface area contributed by atoms with Crippen molar-refractivity contribution in [3.8, 4) is 33.4 Å². The van der Waals surface area contributed by atoms with Crippen LogP contribution in [0.25, 0.3) is 77.3 Å². The van der Waals surface area contributed by atoms with Gasteiger partial charge in [-0.15, -0.1) is 0 Å². The number of rotatable bonds is 8. The molecular weight excluding hydrogens is 512 g/mol. The molecule has 0 N–H and O–H groups in total. The molecule has 0 unspecified atom stereocenters. The monoisotopic (exact) mass is 546 g/mol. The van der Waals surface area contributed by atoms with Gasteiger partial charge >= 0.3 is 0 Å². The number of hydrogen-bond donors (Lipinski definition) is 0. The van der Waals surface area contributed by atoms with Crippen LogP contribution < -0.4 is 0 Å². The van der Waals surface area contributed by atoms with E-state index in [0.29, 0.717) is 0 Å². The highest BCUT2D eigenvalue weighted by Crippen LogP contribution is 2.50. The molecule has 2 heteroatoms. The Morgan fingerprint density at radius 2 is 0.833 bits per heavy atom. The molecule has 6 aromatic carbocycles. The van der Waals surface area contributed by atoms with E-state index in [4.69, 9.17) is 8.83 Å². The second-order valence-corrected chi connectivity index (χ2v) is 11.8. The fourth-order valence-electron chi connectivity index (χ4n) is 6.83. The van der Waals surface area contributed by atoms with Crippen molar-refractivity contribution >= 4 is 43.9 Å². The van der Waals surface area contributed by atoms with Crippen LogP contribution in [-0.2, 0) is 12.8 Å².